The molecule has 0 aliphatic rings. The SMILES string of the molecule is NC(=O)Cn1cc(CCC(=O)O)nn1. The van der Waals surface area contributed by atoms with Crippen molar-refractivity contribution in [2.24, 2.45) is 5.73 Å². The van der Waals surface area contributed by atoms with Crippen LogP contribution in [0.2, 0.25) is 0 Å². The molecule has 0 atom stereocenters. The summed E-state index contributed by atoms with van der Waals surface area (Å²) in [6.45, 7) is -0.0416. The van der Waals surface area contributed by atoms with E-state index in [1.807, 2.05) is 0 Å². The number of aliphatic carboxylic acids is 1. The monoisotopic (exact) mass is 198 g/mol. The Morgan fingerprint density at radius 3 is 2.86 bits per heavy atom. The fourth-order valence-electron chi connectivity index (χ4n) is 0.925. The zero-order valence-corrected chi connectivity index (χ0v) is 7.38. The molecule has 1 aromatic rings. The Morgan fingerprint density at radius 2 is 2.29 bits per heavy atom. The number of carboxylic acids is 1. The number of nitrogens with zero attached hydrogens (tertiary/aromatic N) is 3. The van der Waals surface area contributed by atoms with Crippen molar-refractivity contribution in [3.63, 3.8) is 0 Å². The average Bonchev–Trinajstić information content (AvgIpc) is 2.47. The molecule has 0 unspecified atom stereocenters. The van der Waals surface area contributed by atoms with Crippen molar-refractivity contribution in [1.82, 2.24) is 15.0 Å². The molecule has 0 spiro atoms. The van der Waals surface area contributed by atoms with Gasteiger partial charge < -0.3 is 10.8 Å². The van der Waals surface area contributed by atoms with Crippen LogP contribution >= 0.6 is 0 Å². The van der Waals surface area contributed by atoms with Crippen molar-refractivity contribution in [1.29, 1.82) is 0 Å². The van der Waals surface area contributed by atoms with E-state index < -0.39 is 11.9 Å². The smallest absolute Gasteiger partial charge is 0.303 e. The molecule has 1 aromatic heterocycles. The second-order valence-corrected chi connectivity index (χ2v) is 2.77. The first kappa shape index (κ1) is 10.2. The van der Waals surface area contributed by atoms with Crippen LogP contribution in [0, 0.1) is 0 Å². The van der Waals surface area contributed by atoms with Crippen LogP contribution in [0.25, 0.3) is 0 Å². The molecule has 0 fully saturated rings. The molecule has 14 heavy (non-hydrogen) atoms. The molecule has 0 aliphatic heterocycles. The first-order chi connectivity index (χ1) is 6.58. The molecule has 1 amide bonds. The summed E-state index contributed by atoms with van der Waals surface area (Å²) in [5, 5.41) is 15.7. The first-order valence-electron chi connectivity index (χ1n) is 3.97. The lowest BCUT2D eigenvalue weighted by Crippen LogP contribution is -2.18. The Bertz CT molecular complexity index is 346. The predicted molar refractivity (Wildman–Crippen MR) is 45.2 cm³/mol. The number of nitrogens with two attached hydrogens (primary N) is 1. The van der Waals surface area contributed by atoms with Crippen LogP contribution in [-0.4, -0.2) is 32.0 Å². The fraction of sp³-hybridized carbons (Fsp3) is 0.429. The molecule has 0 saturated carbocycles. The molecular formula is C7H10N4O3. The number of primary amides is 1. The molecule has 3 N–H and O–H groups in total. The lowest BCUT2D eigenvalue weighted by molar-refractivity contribution is -0.137. The Kier molecular flexibility index (Phi) is 3.16. The third-order valence-electron chi connectivity index (χ3n) is 1.50. The van der Waals surface area contributed by atoms with Crippen molar-refractivity contribution in [2.75, 3.05) is 0 Å². The van der Waals surface area contributed by atoms with Crippen molar-refractivity contribution < 1.29 is 14.7 Å². The van der Waals surface area contributed by atoms with E-state index in [1.54, 1.807) is 0 Å². The van der Waals surface area contributed by atoms with Gasteiger partial charge in [-0.1, -0.05) is 5.21 Å². The van der Waals surface area contributed by atoms with E-state index >= 15 is 0 Å². The Balaban J connectivity index is 2.50. The number of aromatic nitrogens is 3. The lowest BCUT2D eigenvalue weighted by atomic mass is 10.2. The molecule has 0 bridgehead atoms. The van der Waals surface area contributed by atoms with Crippen LogP contribution in [0.15, 0.2) is 6.20 Å². The lowest BCUT2D eigenvalue weighted by Gasteiger charge is -1.92. The Hall–Kier alpha value is -1.92. The van der Waals surface area contributed by atoms with E-state index in [9.17, 15) is 9.59 Å². The fourth-order valence-corrected chi connectivity index (χ4v) is 0.925. The molecule has 0 aliphatic carbocycles. The largest absolute Gasteiger partial charge is 0.481 e. The minimum absolute atomic E-state index is 0.00470. The Morgan fingerprint density at radius 1 is 1.57 bits per heavy atom. The van der Waals surface area contributed by atoms with Crippen molar-refractivity contribution in [2.45, 2.75) is 19.4 Å². The van der Waals surface area contributed by atoms with Crippen molar-refractivity contribution >= 4 is 11.9 Å². The molecule has 1 heterocycles. The number of carbonyl (C=O) groups excluding carboxylic acids is 1. The number of carbonyl (C=O) groups is 2. The minimum atomic E-state index is -0.894. The van der Waals surface area contributed by atoms with Crippen molar-refractivity contribution in [3.05, 3.63) is 11.9 Å². The molecule has 7 heteroatoms. The van der Waals surface area contributed by atoms with E-state index in [0.717, 1.165) is 0 Å². The summed E-state index contributed by atoms with van der Waals surface area (Å²) in [4.78, 5) is 20.7. The quantitative estimate of drug-likeness (QED) is 0.616. The van der Waals surface area contributed by atoms with Crippen LogP contribution < -0.4 is 5.73 Å². The predicted octanol–water partition coefficient (Wildman–Crippen LogP) is -1.22. The van der Waals surface area contributed by atoms with Crippen LogP contribution in [0.4, 0.5) is 0 Å². The molecule has 0 radical (unpaired) electrons. The highest BCUT2D eigenvalue weighted by Gasteiger charge is 2.04. The summed E-state index contributed by atoms with van der Waals surface area (Å²) in [6.07, 6.45) is 1.80. The van der Waals surface area contributed by atoms with Gasteiger partial charge in [0.2, 0.25) is 5.91 Å². The highest BCUT2D eigenvalue weighted by molar-refractivity contribution is 5.73. The summed E-state index contributed by atoms with van der Waals surface area (Å²) in [6, 6.07) is 0. The third kappa shape index (κ3) is 3.21. The van der Waals surface area contributed by atoms with E-state index in [4.69, 9.17) is 10.8 Å². The minimum Gasteiger partial charge on any atom is -0.481 e. The van der Waals surface area contributed by atoms with E-state index in [0.29, 0.717) is 12.1 Å². The maximum Gasteiger partial charge on any atom is 0.303 e. The second kappa shape index (κ2) is 4.35. The van der Waals surface area contributed by atoms with Gasteiger partial charge in [0.05, 0.1) is 12.1 Å². The van der Waals surface area contributed by atoms with Crippen LogP contribution in [-0.2, 0) is 22.6 Å². The zero-order chi connectivity index (χ0) is 10.6. The van der Waals surface area contributed by atoms with Gasteiger partial charge in [-0.15, -0.1) is 5.10 Å². The highest BCUT2D eigenvalue weighted by atomic mass is 16.4. The number of aryl methyl sites for hydroxylation is 1. The van der Waals surface area contributed by atoms with Crippen LogP contribution in [0.3, 0.4) is 0 Å². The summed E-state index contributed by atoms with van der Waals surface area (Å²) in [7, 11) is 0. The van der Waals surface area contributed by atoms with Gasteiger partial charge in [0.1, 0.15) is 6.54 Å². The average molecular weight is 198 g/mol. The molecule has 76 valence electrons. The Labute approximate surface area is 79.5 Å². The van der Waals surface area contributed by atoms with Gasteiger partial charge in [0.15, 0.2) is 0 Å². The number of hydrogen-bond donors (Lipinski definition) is 2. The zero-order valence-electron chi connectivity index (χ0n) is 7.38. The maximum atomic E-state index is 10.5. The van der Waals surface area contributed by atoms with Gasteiger partial charge >= 0.3 is 5.97 Å². The summed E-state index contributed by atoms with van der Waals surface area (Å²) in [5.41, 5.74) is 5.47. The topological polar surface area (TPSA) is 111 Å². The molecule has 0 aromatic carbocycles. The van der Waals surface area contributed by atoms with Gasteiger partial charge in [-0.05, 0) is 0 Å². The van der Waals surface area contributed by atoms with E-state index in [2.05, 4.69) is 10.3 Å². The van der Waals surface area contributed by atoms with Crippen LogP contribution in [0.5, 0.6) is 0 Å². The van der Waals surface area contributed by atoms with Gasteiger partial charge in [-0.25, -0.2) is 4.68 Å². The molecule has 1 rings (SSSR count). The normalized spacial score (nSPS) is 10.0. The molecule has 0 saturated heterocycles. The first-order valence-corrected chi connectivity index (χ1v) is 3.97. The van der Waals surface area contributed by atoms with E-state index in [1.165, 1.54) is 10.9 Å². The number of carboxylic acid groups (broad SMARTS) is 1. The molecule has 7 nitrogen and oxygen atoms in total. The summed E-state index contributed by atoms with van der Waals surface area (Å²) >= 11 is 0. The van der Waals surface area contributed by atoms with Gasteiger partial charge in [-0.3, -0.25) is 9.59 Å². The number of rotatable bonds is 5. The summed E-state index contributed by atoms with van der Waals surface area (Å²) in [5.74, 6) is -1.41. The summed E-state index contributed by atoms with van der Waals surface area (Å²) < 4.78 is 1.28. The van der Waals surface area contributed by atoms with Crippen LogP contribution in [0.1, 0.15) is 12.1 Å². The van der Waals surface area contributed by atoms with Gasteiger partial charge in [0, 0.05) is 12.6 Å². The standard InChI is InChI=1S/C7H10N4O3/c8-6(12)4-11-3-5(9-10-11)1-2-7(13)14/h3H,1-2,4H2,(H2,8,12)(H,13,14). The van der Waals surface area contributed by atoms with Crippen molar-refractivity contribution in [3.8, 4) is 0 Å². The highest BCUT2D eigenvalue weighted by Crippen LogP contribution is 1.97. The third-order valence-corrected chi connectivity index (χ3v) is 1.50. The molecular weight excluding hydrogens is 188 g/mol. The van der Waals surface area contributed by atoms with Gasteiger partial charge in [-0.2, -0.15) is 0 Å². The van der Waals surface area contributed by atoms with E-state index in [-0.39, 0.29) is 13.0 Å². The van der Waals surface area contributed by atoms with Gasteiger partial charge in [0.25, 0.3) is 0 Å². The number of amides is 1. The number of hydrogen-bond acceptors (Lipinski definition) is 4. The maximum absolute atomic E-state index is 10.5. The second-order valence-electron chi connectivity index (χ2n) is 2.77.